The number of para-hydroxylation sites is 1. The number of aromatic nitrogens is 1. The molecule has 1 aromatic carbocycles. The Hall–Kier alpha value is -1.97. The van der Waals surface area contributed by atoms with Crippen LogP contribution in [0.2, 0.25) is 0 Å². The van der Waals surface area contributed by atoms with Crippen LogP contribution in [0.25, 0.3) is 10.9 Å². The summed E-state index contributed by atoms with van der Waals surface area (Å²) in [6.45, 7) is 7.77. The van der Waals surface area contributed by atoms with Crippen molar-refractivity contribution in [2.75, 3.05) is 0 Å². The lowest BCUT2D eigenvalue weighted by Crippen LogP contribution is -2.45. The van der Waals surface area contributed by atoms with Gasteiger partial charge < -0.3 is 14.6 Å². The zero-order valence-corrected chi connectivity index (χ0v) is 13.0. The summed E-state index contributed by atoms with van der Waals surface area (Å²) in [5.74, 6) is 0. The molecule has 2 aromatic rings. The van der Waals surface area contributed by atoms with E-state index in [1.54, 1.807) is 0 Å². The first-order valence-corrected chi connectivity index (χ1v) is 7.43. The summed E-state index contributed by atoms with van der Waals surface area (Å²) >= 11 is 0. The summed E-state index contributed by atoms with van der Waals surface area (Å²) in [6.07, 6.45) is 2.59. The van der Waals surface area contributed by atoms with Gasteiger partial charge in [-0.05, 0) is 51.1 Å². The molecule has 1 aromatic heterocycles. The number of ether oxygens (including phenoxy) is 1. The average Bonchev–Trinajstić information content (AvgIpc) is 2.79. The molecule has 112 valence electrons. The third-order valence-corrected chi connectivity index (χ3v) is 3.99. The Morgan fingerprint density at radius 1 is 1.33 bits per heavy atom. The van der Waals surface area contributed by atoms with Crippen molar-refractivity contribution in [3.63, 3.8) is 0 Å². The molecular formula is C17H22N2O2. The Morgan fingerprint density at radius 3 is 2.81 bits per heavy atom. The summed E-state index contributed by atoms with van der Waals surface area (Å²) in [4.78, 5) is 12.0. The molecule has 1 N–H and O–H groups in total. The SMILES string of the molecule is C[C@@H]1[C@@H](NC(=O)OC(C)(C)C)Cc2cccc3ccn1c23. The second-order valence-corrected chi connectivity index (χ2v) is 6.78. The first-order chi connectivity index (χ1) is 9.85. The van der Waals surface area contributed by atoms with Crippen molar-refractivity contribution in [1.29, 1.82) is 0 Å². The van der Waals surface area contributed by atoms with Gasteiger partial charge in [0.25, 0.3) is 0 Å². The largest absolute Gasteiger partial charge is 0.444 e. The van der Waals surface area contributed by atoms with Gasteiger partial charge in [-0.3, -0.25) is 0 Å². The lowest BCUT2D eigenvalue weighted by Gasteiger charge is -2.32. The van der Waals surface area contributed by atoms with E-state index in [9.17, 15) is 4.79 Å². The summed E-state index contributed by atoms with van der Waals surface area (Å²) in [5, 5.41) is 4.28. The Balaban J connectivity index is 1.83. The molecule has 0 fully saturated rings. The third-order valence-electron chi connectivity index (χ3n) is 3.99. The Bertz CT molecular complexity index is 682. The van der Waals surface area contributed by atoms with Crippen molar-refractivity contribution < 1.29 is 9.53 Å². The zero-order chi connectivity index (χ0) is 15.2. The highest BCUT2D eigenvalue weighted by molar-refractivity contribution is 5.84. The smallest absolute Gasteiger partial charge is 0.407 e. The number of rotatable bonds is 1. The van der Waals surface area contributed by atoms with E-state index in [2.05, 4.69) is 47.3 Å². The Labute approximate surface area is 125 Å². The van der Waals surface area contributed by atoms with Gasteiger partial charge in [0.1, 0.15) is 5.60 Å². The molecule has 0 aliphatic carbocycles. The van der Waals surface area contributed by atoms with Crippen molar-refractivity contribution in [2.45, 2.75) is 51.8 Å². The van der Waals surface area contributed by atoms with Crippen LogP contribution in [0.3, 0.4) is 0 Å². The summed E-state index contributed by atoms with van der Waals surface area (Å²) in [5.41, 5.74) is 2.09. The normalized spacial score (nSPS) is 21.3. The molecule has 1 amide bonds. The van der Waals surface area contributed by atoms with Crippen LogP contribution in [0, 0.1) is 0 Å². The maximum atomic E-state index is 12.0. The van der Waals surface area contributed by atoms with Gasteiger partial charge in [-0.1, -0.05) is 18.2 Å². The van der Waals surface area contributed by atoms with E-state index in [1.165, 1.54) is 16.5 Å². The van der Waals surface area contributed by atoms with Crippen LogP contribution in [0.1, 0.15) is 39.3 Å². The number of hydrogen-bond donors (Lipinski definition) is 1. The van der Waals surface area contributed by atoms with Gasteiger partial charge in [0.15, 0.2) is 0 Å². The summed E-state index contributed by atoms with van der Waals surface area (Å²) in [6, 6.07) is 8.72. The minimum Gasteiger partial charge on any atom is -0.444 e. The minimum absolute atomic E-state index is 0.0466. The predicted octanol–water partition coefficient (Wildman–Crippen LogP) is 3.65. The highest BCUT2D eigenvalue weighted by Gasteiger charge is 2.29. The molecule has 0 spiro atoms. The van der Waals surface area contributed by atoms with Crippen LogP contribution in [-0.4, -0.2) is 22.3 Å². The number of benzene rings is 1. The number of hydrogen-bond acceptors (Lipinski definition) is 2. The molecule has 4 heteroatoms. The van der Waals surface area contributed by atoms with Gasteiger partial charge in [-0.2, -0.15) is 0 Å². The lowest BCUT2D eigenvalue weighted by atomic mass is 9.95. The fourth-order valence-corrected chi connectivity index (χ4v) is 3.03. The van der Waals surface area contributed by atoms with E-state index in [-0.39, 0.29) is 18.2 Å². The molecule has 3 rings (SSSR count). The molecule has 0 saturated heterocycles. The molecule has 2 heterocycles. The Morgan fingerprint density at radius 2 is 2.10 bits per heavy atom. The Kier molecular flexibility index (Phi) is 3.19. The van der Waals surface area contributed by atoms with Crippen molar-refractivity contribution in [3.8, 4) is 0 Å². The predicted molar refractivity (Wildman–Crippen MR) is 83.5 cm³/mol. The van der Waals surface area contributed by atoms with Crippen LogP contribution >= 0.6 is 0 Å². The van der Waals surface area contributed by atoms with Crippen molar-refractivity contribution in [2.24, 2.45) is 0 Å². The van der Waals surface area contributed by atoms with Gasteiger partial charge in [0.05, 0.1) is 17.6 Å². The number of amides is 1. The quantitative estimate of drug-likeness (QED) is 0.869. The molecule has 2 atom stereocenters. The van der Waals surface area contributed by atoms with E-state index in [0.717, 1.165) is 6.42 Å². The van der Waals surface area contributed by atoms with Gasteiger partial charge in [-0.25, -0.2) is 4.79 Å². The molecule has 1 aliphatic rings. The summed E-state index contributed by atoms with van der Waals surface area (Å²) < 4.78 is 7.62. The molecule has 4 nitrogen and oxygen atoms in total. The van der Waals surface area contributed by atoms with Crippen molar-refractivity contribution in [1.82, 2.24) is 9.88 Å². The van der Waals surface area contributed by atoms with E-state index in [0.29, 0.717) is 0 Å². The van der Waals surface area contributed by atoms with Crippen LogP contribution in [0.4, 0.5) is 4.79 Å². The van der Waals surface area contributed by atoms with Gasteiger partial charge in [0, 0.05) is 6.20 Å². The first kappa shape index (κ1) is 14.0. The highest BCUT2D eigenvalue weighted by Crippen LogP contribution is 2.32. The number of carbonyl (C=O) groups excluding carboxylic acids is 1. The van der Waals surface area contributed by atoms with E-state index in [1.807, 2.05) is 20.8 Å². The molecular weight excluding hydrogens is 264 g/mol. The maximum Gasteiger partial charge on any atom is 0.407 e. The molecule has 21 heavy (non-hydrogen) atoms. The average molecular weight is 286 g/mol. The molecule has 0 unspecified atom stereocenters. The monoisotopic (exact) mass is 286 g/mol. The second-order valence-electron chi connectivity index (χ2n) is 6.78. The number of nitrogens with zero attached hydrogens (tertiary/aromatic N) is 1. The maximum absolute atomic E-state index is 12.0. The number of nitrogens with one attached hydrogen (secondary N) is 1. The second kappa shape index (κ2) is 4.79. The zero-order valence-electron chi connectivity index (χ0n) is 13.0. The van der Waals surface area contributed by atoms with Crippen LogP contribution in [-0.2, 0) is 11.2 Å². The summed E-state index contributed by atoms with van der Waals surface area (Å²) in [7, 11) is 0. The third kappa shape index (κ3) is 2.62. The highest BCUT2D eigenvalue weighted by atomic mass is 16.6. The van der Waals surface area contributed by atoms with Gasteiger partial charge in [0.2, 0.25) is 0 Å². The van der Waals surface area contributed by atoms with Gasteiger partial charge >= 0.3 is 6.09 Å². The van der Waals surface area contributed by atoms with Crippen molar-refractivity contribution >= 4 is 17.0 Å². The van der Waals surface area contributed by atoms with Gasteiger partial charge in [-0.15, -0.1) is 0 Å². The fourth-order valence-electron chi connectivity index (χ4n) is 3.03. The topological polar surface area (TPSA) is 43.3 Å². The minimum atomic E-state index is -0.472. The van der Waals surface area contributed by atoms with Crippen LogP contribution in [0.5, 0.6) is 0 Å². The van der Waals surface area contributed by atoms with Crippen molar-refractivity contribution in [3.05, 3.63) is 36.0 Å². The first-order valence-electron chi connectivity index (χ1n) is 7.43. The standard InChI is InChI=1S/C17H22N2O2/c1-11-14(18-16(20)21-17(2,3)4)10-13-7-5-6-12-8-9-19(11)15(12)13/h5-9,11,14H,10H2,1-4H3,(H,18,20)/t11-,14+/m1/s1. The molecule has 0 saturated carbocycles. The van der Waals surface area contributed by atoms with E-state index in [4.69, 9.17) is 4.74 Å². The fraction of sp³-hybridized carbons (Fsp3) is 0.471. The number of carbonyl (C=O) groups is 1. The van der Waals surface area contributed by atoms with E-state index < -0.39 is 5.60 Å². The van der Waals surface area contributed by atoms with Crippen LogP contribution < -0.4 is 5.32 Å². The number of alkyl carbamates (subject to hydrolysis) is 1. The molecule has 1 aliphatic heterocycles. The van der Waals surface area contributed by atoms with Crippen LogP contribution in [0.15, 0.2) is 30.5 Å². The molecule has 0 bridgehead atoms. The van der Waals surface area contributed by atoms with E-state index >= 15 is 0 Å². The molecule has 0 radical (unpaired) electrons. The lowest BCUT2D eigenvalue weighted by molar-refractivity contribution is 0.0488.